The van der Waals surface area contributed by atoms with Gasteiger partial charge in [0.2, 0.25) is 17.7 Å². The van der Waals surface area contributed by atoms with Crippen LogP contribution in [-0.4, -0.2) is 20.4 Å². The Morgan fingerprint density at radius 2 is 1.38 bits per heavy atom. The molecule has 148 valence electrons. The number of rotatable bonds is 5. The van der Waals surface area contributed by atoms with E-state index in [1.165, 1.54) is 17.3 Å². The lowest BCUT2D eigenvalue weighted by Gasteiger charge is -2.18. The van der Waals surface area contributed by atoms with Gasteiger partial charge in [0.25, 0.3) is 5.22 Å². The van der Waals surface area contributed by atoms with Crippen LogP contribution in [0.5, 0.6) is 0 Å². The molecule has 8 heteroatoms. The van der Waals surface area contributed by atoms with Crippen LogP contribution in [-0.2, 0) is 11.2 Å². The first kappa shape index (κ1) is 19.7. The molecule has 0 unspecified atom stereocenters. The first-order valence-electron chi connectivity index (χ1n) is 9.04. The summed E-state index contributed by atoms with van der Waals surface area (Å²) in [6, 6.07) is 15.4. The molecule has 2 heterocycles. The van der Waals surface area contributed by atoms with E-state index in [0.717, 1.165) is 11.1 Å². The van der Waals surface area contributed by atoms with Crippen molar-refractivity contribution in [2.45, 2.75) is 37.2 Å². The third-order valence-electron chi connectivity index (χ3n) is 4.28. The normalized spacial score (nSPS) is 11.7. The highest BCUT2D eigenvalue weighted by Crippen LogP contribution is 2.28. The van der Waals surface area contributed by atoms with Crippen LogP contribution in [0.2, 0.25) is 5.02 Å². The van der Waals surface area contributed by atoms with Gasteiger partial charge in [-0.05, 0) is 47.4 Å². The summed E-state index contributed by atoms with van der Waals surface area (Å²) in [4.78, 5) is 0. The minimum absolute atomic E-state index is 0.101. The van der Waals surface area contributed by atoms with Gasteiger partial charge in [0.15, 0.2) is 0 Å². The quantitative estimate of drug-likeness (QED) is 0.360. The van der Waals surface area contributed by atoms with Gasteiger partial charge in [0, 0.05) is 16.1 Å². The average molecular weight is 427 g/mol. The maximum absolute atomic E-state index is 5.90. The van der Waals surface area contributed by atoms with Gasteiger partial charge in [0.05, 0.1) is 5.75 Å². The highest BCUT2D eigenvalue weighted by molar-refractivity contribution is 7.98. The Morgan fingerprint density at radius 3 is 2.03 bits per heavy atom. The summed E-state index contributed by atoms with van der Waals surface area (Å²) in [5, 5.41) is 17.5. The van der Waals surface area contributed by atoms with Crippen LogP contribution < -0.4 is 0 Å². The van der Waals surface area contributed by atoms with Gasteiger partial charge in [-0.2, -0.15) is 0 Å². The van der Waals surface area contributed by atoms with Crippen LogP contribution >= 0.6 is 23.4 Å². The van der Waals surface area contributed by atoms with Gasteiger partial charge in [0.1, 0.15) is 0 Å². The van der Waals surface area contributed by atoms with Gasteiger partial charge in [-0.3, -0.25) is 0 Å². The molecule has 0 fully saturated rings. The Bertz CT molecular complexity index is 1100. The van der Waals surface area contributed by atoms with Crippen LogP contribution in [0, 0.1) is 0 Å². The van der Waals surface area contributed by atoms with Crippen LogP contribution in [0.3, 0.4) is 0 Å². The van der Waals surface area contributed by atoms with Crippen molar-refractivity contribution in [1.82, 2.24) is 20.4 Å². The second kappa shape index (κ2) is 8.00. The van der Waals surface area contributed by atoms with Crippen molar-refractivity contribution >= 4 is 23.4 Å². The zero-order valence-electron chi connectivity index (χ0n) is 16.2. The maximum Gasteiger partial charge on any atom is 0.277 e. The molecule has 0 saturated heterocycles. The lowest BCUT2D eigenvalue weighted by Crippen LogP contribution is -2.10. The topological polar surface area (TPSA) is 77.8 Å². The second-order valence-corrected chi connectivity index (χ2v) is 8.86. The highest BCUT2D eigenvalue weighted by atomic mass is 35.5. The average Bonchev–Trinajstić information content (AvgIpc) is 3.36. The molecule has 0 bridgehead atoms. The largest absolute Gasteiger partial charge is 0.420 e. The highest BCUT2D eigenvalue weighted by Gasteiger charge is 2.16. The monoisotopic (exact) mass is 426 g/mol. The van der Waals surface area contributed by atoms with E-state index in [9.17, 15) is 0 Å². The van der Waals surface area contributed by atoms with E-state index in [2.05, 4.69) is 53.3 Å². The second-order valence-electron chi connectivity index (χ2n) is 7.50. The number of halogens is 1. The fraction of sp³-hybridized carbons (Fsp3) is 0.238. The van der Waals surface area contributed by atoms with Gasteiger partial charge in [-0.15, -0.1) is 20.4 Å². The van der Waals surface area contributed by atoms with Crippen molar-refractivity contribution in [3.63, 3.8) is 0 Å². The molecule has 0 aliphatic carbocycles. The lowest BCUT2D eigenvalue weighted by molar-refractivity contribution is 0.464. The molecule has 0 radical (unpaired) electrons. The number of aromatic nitrogens is 4. The summed E-state index contributed by atoms with van der Waals surface area (Å²) >= 11 is 7.25. The molecule has 4 aromatic rings. The number of benzene rings is 2. The zero-order chi connectivity index (χ0) is 20.4. The molecule has 6 nitrogen and oxygen atoms in total. The van der Waals surface area contributed by atoms with E-state index >= 15 is 0 Å². The molecule has 29 heavy (non-hydrogen) atoms. The van der Waals surface area contributed by atoms with E-state index in [1.807, 2.05) is 24.3 Å². The summed E-state index contributed by atoms with van der Waals surface area (Å²) in [6.45, 7) is 6.54. The first-order valence-corrected chi connectivity index (χ1v) is 10.4. The summed E-state index contributed by atoms with van der Waals surface area (Å²) in [7, 11) is 0. The number of hydrogen-bond acceptors (Lipinski definition) is 7. The maximum atomic E-state index is 5.90. The molecular formula is C21H19ClN4O2S. The van der Waals surface area contributed by atoms with E-state index in [1.54, 1.807) is 12.1 Å². The number of hydrogen-bond donors (Lipinski definition) is 0. The SMILES string of the molecule is CC(C)(C)c1ccc(-c2nnc(CSc3nnc(-c4ccc(Cl)cc4)o3)o2)cc1. The molecule has 2 aromatic heterocycles. The van der Waals surface area contributed by atoms with Gasteiger partial charge < -0.3 is 8.83 Å². The molecule has 0 aliphatic heterocycles. The van der Waals surface area contributed by atoms with Crippen molar-refractivity contribution < 1.29 is 8.83 Å². The zero-order valence-corrected chi connectivity index (χ0v) is 17.8. The van der Waals surface area contributed by atoms with Gasteiger partial charge in [-0.1, -0.05) is 56.3 Å². The Kier molecular flexibility index (Phi) is 5.43. The molecule has 0 aliphatic rings. The third-order valence-corrected chi connectivity index (χ3v) is 5.34. The van der Waals surface area contributed by atoms with Crippen LogP contribution in [0.1, 0.15) is 32.2 Å². The van der Waals surface area contributed by atoms with Crippen LogP contribution in [0.4, 0.5) is 0 Å². The van der Waals surface area contributed by atoms with Gasteiger partial charge >= 0.3 is 0 Å². The van der Waals surface area contributed by atoms with E-state index < -0.39 is 0 Å². The van der Waals surface area contributed by atoms with Crippen molar-refractivity contribution in [3.8, 4) is 22.9 Å². The van der Waals surface area contributed by atoms with Crippen LogP contribution in [0.15, 0.2) is 62.6 Å². The predicted octanol–water partition coefficient (Wildman–Crippen LogP) is 6.03. The van der Waals surface area contributed by atoms with E-state index in [4.69, 9.17) is 20.4 Å². The lowest BCUT2D eigenvalue weighted by atomic mass is 9.87. The number of thioether (sulfide) groups is 1. The summed E-state index contributed by atoms with van der Waals surface area (Å²) < 4.78 is 11.4. The Balaban J connectivity index is 1.40. The van der Waals surface area contributed by atoms with E-state index in [0.29, 0.717) is 33.7 Å². The molecule has 0 atom stereocenters. The minimum atomic E-state index is 0.101. The molecular weight excluding hydrogens is 408 g/mol. The van der Waals surface area contributed by atoms with Gasteiger partial charge in [-0.25, -0.2) is 0 Å². The summed E-state index contributed by atoms with van der Waals surface area (Å²) in [5.74, 6) is 1.87. The minimum Gasteiger partial charge on any atom is -0.420 e. The number of nitrogens with zero attached hydrogens (tertiary/aromatic N) is 4. The fourth-order valence-electron chi connectivity index (χ4n) is 2.64. The summed E-state index contributed by atoms with van der Waals surface area (Å²) in [6.07, 6.45) is 0. The Morgan fingerprint density at radius 1 is 0.793 bits per heavy atom. The van der Waals surface area contributed by atoms with Crippen molar-refractivity contribution in [2.75, 3.05) is 0 Å². The summed E-state index contributed by atoms with van der Waals surface area (Å²) in [5.41, 5.74) is 3.06. The molecule has 0 N–H and O–H groups in total. The van der Waals surface area contributed by atoms with Crippen molar-refractivity contribution in [2.24, 2.45) is 0 Å². The first-order chi connectivity index (χ1) is 13.9. The predicted molar refractivity (Wildman–Crippen MR) is 113 cm³/mol. The third kappa shape index (κ3) is 4.68. The molecule has 0 amide bonds. The smallest absolute Gasteiger partial charge is 0.277 e. The van der Waals surface area contributed by atoms with Crippen molar-refractivity contribution in [3.05, 3.63) is 65.0 Å². The molecule has 0 saturated carbocycles. The van der Waals surface area contributed by atoms with Crippen molar-refractivity contribution in [1.29, 1.82) is 0 Å². The molecule has 0 spiro atoms. The Labute approximate surface area is 177 Å². The van der Waals surface area contributed by atoms with Crippen LogP contribution in [0.25, 0.3) is 22.9 Å². The fourth-order valence-corrected chi connectivity index (χ4v) is 3.37. The standard InChI is InChI=1S/C21H19ClN4O2S/c1-21(2,3)15-8-4-13(5-9-15)18-24-23-17(27-18)12-29-20-26-25-19(28-20)14-6-10-16(22)11-7-14/h4-11H,12H2,1-3H3. The molecule has 4 rings (SSSR count). The Hall–Kier alpha value is -2.64. The van der Waals surface area contributed by atoms with E-state index in [-0.39, 0.29) is 5.41 Å². The molecule has 2 aromatic carbocycles.